The van der Waals surface area contributed by atoms with Crippen molar-refractivity contribution < 1.29 is 14.3 Å². The number of hydrogen-bond donors (Lipinski definition) is 0. The van der Waals surface area contributed by atoms with Gasteiger partial charge in [0.1, 0.15) is 9.88 Å². The molecule has 0 atom stereocenters. The predicted molar refractivity (Wildman–Crippen MR) is 101 cm³/mol. The van der Waals surface area contributed by atoms with E-state index >= 15 is 0 Å². The van der Waals surface area contributed by atoms with Gasteiger partial charge in [-0.15, -0.1) is 11.3 Å². The summed E-state index contributed by atoms with van der Waals surface area (Å²) in [6.45, 7) is 4.03. The molecular formula is C19H20ClNO3S. The number of benzene rings is 1. The number of ketones is 1. The zero-order chi connectivity index (χ0) is 18.0. The van der Waals surface area contributed by atoms with Gasteiger partial charge in [-0.1, -0.05) is 18.5 Å². The standard InChI is InChI=1S/C19H20ClNO3S/c1-12-7-9-21(10-8-12)18-15(11-16(25-18)19(23)24-2)17(22)13-3-5-14(20)6-4-13/h3-6,11-12H,7-10H2,1-2H3. The Morgan fingerprint density at radius 3 is 2.44 bits per heavy atom. The maximum Gasteiger partial charge on any atom is 0.348 e. The second-order valence-corrected chi connectivity index (χ2v) is 7.79. The number of anilines is 1. The zero-order valence-electron chi connectivity index (χ0n) is 14.3. The van der Waals surface area contributed by atoms with Gasteiger partial charge in [-0.25, -0.2) is 4.79 Å². The van der Waals surface area contributed by atoms with E-state index in [1.807, 2.05) is 0 Å². The average Bonchev–Trinajstić information content (AvgIpc) is 3.07. The molecule has 0 unspecified atom stereocenters. The highest BCUT2D eigenvalue weighted by Gasteiger charge is 2.26. The summed E-state index contributed by atoms with van der Waals surface area (Å²) in [5.74, 6) is 0.176. The molecule has 1 aliphatic rings. The largest absolute Gasteiger partial charge is 0.465 e. The molecule has 0 bridgehead atoms. The van der Waals surface area contributed by atoms with E-state index < -0.39 is 5.97 Å². The first kappa shape index (κ1) is 18.0. The van der Waals surface area contributed by atoms with E-state index in [9.17, 15) is 9.59 Å². The van der Waals surface area contributed by atoms with Gasteiger partial charge in [0, 0.05) is 23.7 Å². The quantitative estimate of drug-likeness (QED) is 0.574. The summed E-state index contributed by atoms with van der Waals surface area (Å²) in [5, 5.41) is 1.44. The fourth-order valence-electron chi connectivity index (χ4n) is 2.95. The minimum atomic E-state index is -0.410. The third-order valence-electron chi connectivity index (χ3n) is 4.52. The molecule has 1 aromatic carbocycles. The summed E-state index contributed by atoms with van der Waals surface area (Å²) < 4.78 is 4.83. The van der Waals surface area contributed by atoms with Crippen molar-refractivity contribution in [3.05, 3.63) is 51.4 Å². The van der Waals surface area contributed by atoms with E-state index in [1.54, 1.807) is 30.3 Å². The van der Waals surface area contributed by atoms with Crippen molar-refractivity contribution in [2.45, 2.75) is 19.8 Å². The molecular weight excluding hydrogens is 358 g/mol. The first-order chi connectivity index (χ1) is 12.0. The monoisotopic (exact) mass is 377 g/mol. The summed E-state index contributed by atoms with van der Waals surface area (Å²) in [6.07, 6.45) is 2.17. The van der Waals surface area contributed by atoms with Crippen LogP contribution in [0, 0.1) is 5.92 Å². The van der Waals surface area contributed by atoms with Gasteiger partial charge in [-0.05, 0) is 49.1 Å². The van der Waals surface area contributed by atoms with Gasteiger partial charge in [0.05, 0.1) is 12.7 Å². The van der Waals surface area contributed by atoms with Crippen LogP contribution in [0.1, 0.15) is 45.4 Å². The molecule has 2 aromatic rings. The Bertz CT molecular complexity index is 776. The maximum atomic E-state index is 13.0. The molecule has 0 amide bonds. The van der Waals surface area contributed by atoms with E-state index in [0.717, 1.165) is 30.9 Å². The molecule has 0 aliphatic carbocycles. The number of methoxy groups -OCH3 is 1. The average molecular weight is 378 g/mol. The lowest BCUT2D eigenvalue weighted by Crippen LogP contribution is -2.33. The highest BCUT2D eigenvalue weighted by Crippen LogP contribution is 2.36. The summed E-state index contributed by atoms with van der Waals surface area (Å²) in [5.41, 5.74) is 1.12. The molecule has 6 heteroatoms. The second-order valence-electron chi connectivity index (χ2n) is 6.33. The number of carbonyl (C=O) groups excluding carboxylic acids is 2. The third kappa shape index (κ3) is 3.88. The Balaban J connectivity index is 1.98. The van der Waals surface area contributed by atoms with Gasteiger partial charge < -0.3 is 9.64 Å². The van der Waals surface area contributed by atoms with Crippen molar-refractivity contribution in [2.24, 2.45) is 5.92 Å². The van der Waals surface area contributed by atoms with E-state index in [4.69, 9.17) is 16.3 Å². The van der Waals surface area contributed by atoms with E-state index in [2.05, 4.69) is 11.8 Å². The first-order valence-corrected chi connectivity index (χ1v) is 9.46. The SMILES string of the molecule is COC(=O)c1cc(C(=O)c2ccc(Cl)cc2)c(N2CCC(C)CC2)s1. The Morgan fingerprint density at radius 2 is 1.84 bits per heavy atom. The van der Waals surface area contributed by atoms with Crippen molar-refractivity contribution >= 4 is 39.7 Å². The van der Waals surface area contributed by atoms with Crippen LogP contribution in [0.3, 0.4) is 0 Å². The van der Waals surface area contributed by atoms with Crippen LogP contribution in [0.5, 0.6) is 0 Å². The third-order valence-corrected chi connectivity index (χ3v) is 5.95. The number of nitrogens with zero attached hydrogens (tertiary/aromatic N) is 1. The second kappa shape index (κ2) is 7.58. The summed E-state index contributed by atoms with van der Waals surface area (Å²) >= 11 is 7.25. The molecule has 25 heavy (non-hydrogen) atoms. The Kier molecular flexibility index (Phi) is 5.45. The lowest BCUT2D eigenvalue weighted by atomic mass is 9.98. The lowest BCUT2D eigenvalue weighted by molar-refractivity contribution is 0.0606. The van der Waals surface area contributed by atoms with E-state index in [0.29, 0.717) is 26.9 Å². The van der Waals surface area contributed by atoms with Crippen molar-refractivity contribution in [1.29, 1.82) is 0 Å². The maximum absolute atomic E-state index is 13.0. The summed E-state index contributed by atoms with van der Waals surface area (Å²) in [6, 6.07) is 8.47. The minimum Gasteiger partial charge on any atom is -0.465 e. The number of ether oxygens (including phenoxy) is 1. The number of thiophene rings is 1. The highest BCUT2D eigenvalue weighted by molar-refractivity contribution is 7.18. The molecule has 2 heterocycles. The van der Waals surface area contributed by atoms with Crippen LogP contribution < -0.4 is 4.90 Å². The molecule has 1 saturated heterocycles. The van der Waals surface area contributed by atoms with Crippen LogP contribution in [0.4, 0.5) is 5.00 Å². The molecule has 1 fully saturated rings. The van der Waals surface area contributed by atoms with Crippen molar-refractivity contribution in [2.75, 3.05) is 25.1 Å². The summed E-state index contributed by atoms with van der Waals surface area (Å²) in [7, 11) is 1.35. The van der Waals surface area contributed by atoms with E-state index in [1.165, 1.54) is 18.4 Å². The van der Waals surface area contributed by atoms with Crippen LogP contribution in [0.25, 0.3) is 0 Å². The molecule has 0 radical (unpaired) electrons. The van der Waals surface area contributed by atoms with Gasteiger partial charge in [0.2, 0.25) is 0 Å². The minimum absolute atomic E-state index is 0.100. The van der Waals surface area contributed by atoms with Crippen LogP contribution in [-0.4, -0.2) is 32.0 Å². The molecule has 3 rings (SSSR count). The number of hydrogen-bond acceptors (Lipinski definition) is 5. The van der Waals surface area contributed by atoms with Gasteiger partial charge in [0.25, 0.3) is 0 Å². The van der Waals surface area contributed by atoms with Crippen LogP contribution in [0.15, 0.2) is 30.3 Å². The van der Waals surface area contributed by atoms with Crippen LogP contribution >= 0.6 is 22.9 Å². The molecule has 4 nitrogen and oxygen atoms in total. The van der Waals surface area contributed by atoms with Gasteiger partial charge >= 0.3 is 5.97 Å². The van der Waals surface area contributed by atoms with Gasteiger partial charge in [-0.2, -0.15) is 0 Å². The highest BCUT2D eigenvalue weighted by atomic mass is 35.5. The molecule has 1 aromatic heterocycles. The fraction of sp³-hybridized carbons (Fsp3) is 0.368. The van der Waals surface area contributed by atoms with Crippen molar-refractivity contribution in [3.8, 4) is 0 Å². The Morgan fingerprint density at radius 1 is 1.20 bits per heavy atom. The van der Waals surface area contributed by atoms with Crippen LogP contribution in [0.2, 0.25) is 5.02 Å². The fourth-order valence-corrected chi connectivity index (χ4v) is 4.20. The topological polar surface area (TPSA) is 46.6 Å². The van der Waals surface area contributed by atoms with Crippen LogP contribution in [-0.2, 0) is 4.74 Å². The molecule has 1 aliphatic heterocycles. The van der Waals surface area contributed by atoms with Gasteiger partial charge in [0.15, 0.2) is 5.78 Å². The summed E-state index contributed by atoms with van der Waals surface area (Å²) in [4.78, 5) is 27.6. The smallest absolute Gasteiger partial charge is 0.348 e. The van der Waals surface area contributed by atoms with Crippen molar-refractivity contribution in [3.63, 3.8) is 0 Å². The molecule has 0 spiro atoms. The van der Waals surface area contributed by atoms with Crippen molar-refractivity contribution in [1.82, 2.24) is 0 Å². The number of esters is 1. The Labute approximate surface area is 156 Å². The molecule has 0 N–H and O–H groups in total. The van der Waals surface area contributed by atoms with E-state index in [-0.39, 0.29) is 5.78 Å². The zero-order valence-corrected chi connectivity index (χ0v) is 15.8. The predicted octanol–water partition coefficient (Wildman–Crippen LogP) is 4.66. The normalized spacial score (nSPS) is 15.2. The first-order valence-electron chi connectivity index (χ1n) is 8.27. The Hall–Kier alpha value is -1.85. The number of halogens is 1. The number of rotatable bonds is 4. The molecule has 0 saturated carbocycles. The van der Waals surface area contributed by atoms with Gasteiger partial charge in [-0.3, -0.25) is 4.79 Å². The number of piperidine rings is 1. The molecule has 132 valence electrons. The number of carbonyl (C=O) groups is 2. The lowest BCUT2D eigenvalue weighted by Gasteiger charge is -2.31.